The summed E-state index contributed by atoms with van der Waals surface area (Å²) in [7, 11) is 0. The van der Waals surface area contributed by atoms with Crippen molar-refractivity contribution in [1.82, 2.24) is 5.32 Å². The van der Waals surface area contributed by atoms with Crippen LogP contribution in [-0.2, 0) is 4.74 Å². The predicted molar refractivity (Wildman–Crippen MR) is 58.1 cm³/mol. The van der Waals surface area contributed by atoms with Gasteiger partial charge in [0.1, 0.15) is 5.76 Å². The van der Waals surface area contributed by atoms with Crippen molar-refractivity contribution in [2.75, 3.05) is 13.2 Å². The standard InChI is InChI=1S/C12H21NO/c1-2-13-11(9-10-5-3-6-10)12-7-4-8-14-12/h7,10-11,13H,2-6,8-9H2,1H3. The molecule has 1 saturated carbocycles. The van der Waals surface area contributed by atoms with Gasteiger partial charge in [0, 0.05) is 6.42 Å². The molecule has 1 atom stereocenters. The van der Waals surface area contributed by atoms with E-state index in [0.29, 0.717) is 6.04 Å². The number of hydrogen-bond acceptors (Lipinski definition) is 2. The van der Waals surface area contributed by atoms with Crippen LogP contribution in [0.25, 0.3) is 0 Å². The lowest BCUT2D eigenvalue weighted by atomic mass is 9.80. The third kappa shape index (κ3) is 2.30. The fourth-order valence-corrected chi connectivity index (χ4v) is 2.29. The number of hydrogen-bond donors (Lipinski definition) is 1. The number of rotatable bonds is 5. The molecule has 80 valence electrons. The molecule has 2 heteroatoms. The molecule has 1 N–H and O–H groups in total. The van der Waals surface area contributed by atoms with Crippen LogP contribution in [0, 0.1) is 5.92 Å². The summed E-state index contributed by atoms with van der Waals surface area (Å²) in [6.45, 7) is 4.10. The van der Waals surface area contributed by atoms with Gasteiger partial charge in [0.05, 0.1) is 12.6 Å². The van der Waals surface area contributed by atoms with Crippen molar-refractivity contribution in [2.45, 2.75) is 45.1 Å². The van der Waals surface area contributed by atoms with E-state index >= 15 is 0 Å². The van der Waals surface area contributed by atoms with Crippen molar-refractivity contribution in [3.05, 3.63) is 11.8 Å². The maximum atomic E-state index is 5.64. The van der Waals surface area contributed by atoms with Crippen molar-refractivity contribution < 1.29 is 4.74 Å². The topological polar surface area (TPSA) is 21.3 Å². The molecule has 1 aliphatic heterocycles. The molecule has 0 aromatic heterocycles. The van der Waals surface area contributed by atoms with E-state index in [0.717, 1.165) is 25.5 Å². The molecular weight excluding hydrogens is 174 g/mol. The lowest BCUT2D eigenvalue weighted by Crippen LogP contribution is -2.34. The fraction of sp³-hybridized carbons (Fsp3) is 0.833. The minimum Gasteiger partial charge on any atom is -0.496 e. The smallest absolute Gasteiger partial charge is 0.109 e. The second-order valence-corrected chi connectivity index (χ2v) is 4.39. The highest BCUT2D eigenvalue weighted by Crippen LogP contribution is 2.32. The Morgan fingerprint density at radius 2 is 2.43 bits per heavy atom. The van der Waals surface area contributed by atoms with E-state index in [9.17, 15) is 0 Å². The summed E-state index contributed by atoms with van der Waals surface area (Å²) in [6, 6.07) is 0.493. The Bertz CT molecular complexity index is 208. The van der Waals surface area contributed by atoms with Crippen LogP contribution in [0.2, 0.25) is 0 Å². The van der Waals surface area contributed by atoms with Gasteiger partial charge in [-0.15, -0.1) is 0 Å². The third-order valence-corrected chi connectivity index (χ3v) is 3.32. The third-order valence-electron chi connectivity index (χ3n) is 3.32. The maximum Gasteiger partial charge on any atom is 0.109 e. The largest absolute Gasteiger partial charge is 0.496 e. The summed E-state index contributed by atoms with van der Waals surface area (Å²) in [4.78, 5) is 0. The quantitative estimate of drug-likeness (QED) is 0.727. The van der Waals surface area contributed by atoms with E-state index in [-0.39, 0.29) is 0 Å². The second kappa shape index (κ2) is 4.83. The van der Waals surface area contributed by atoms with Crippen LogP contribution < -0.4 is 5.32 Å². The van der Waals surface area contributed by atoms with Crippen LogP contribution in [0.4, 0.5) is 0 Å². The molecule has 1 fully saturated rings. The first kappa shape index (κ1) is 10.0. The molecule has 0 radical (unpaired) electrons. The van der Waals surface area contributed by atoms with Crippen molar-refractivity contribution in [2.24, 2.45) is 5.92 Å². The lowest BCUT2D eigenvalue weighted by molar-refractivity contribution is 0.188. The lowest BCUT2D eigenvalue weighted by Gasteiger charge is -2.30. The zero-order chi connectivity index (χ0) is 9.80. The van der Waals surface area contributed by atoms with Crippen LogP contribution in [0.5, 0.6) is 0 Å². The zero-order valence-corrected chi connectivity index (χ0v) is 9.09. The van der Waals surface area contributed by atoms with Gasteiger partial charge in [-0.2, -0.15) is 0 Å². The van der Waals surface area contributed by atoms with E-state index in [1.165, 1.54) is 31.4 Å². The van der Waals surface area contributed by atoms with Crippen LogP contribution in [0.15, 0.2) is 11.8 Å². The van der Waals surface area contributed by atoms with Gasteiger partial charge in [0.2, 0.25) is 0 Å². The van der Waals surface area contributed by atoms with Gasteiger partial charge in [-0.3, -0.25) is 0 Å². The van der Waals surface area contributed by atoms with Crippen molar-refractivity contribution in [1.29, 1.82) is 0 Å². The summed E-state index contributed by atoms with van der Waals surface area (Å²) in [5, 5.41) is 3.53. The first-order valence-electron chi connectivity index (χ1n) is 5.96. The molecule has 0 amide bonds. The first-order valence-corrected chi connectivity index (χ1v) is 5.96. The Hall–Kier alpha value is -0.500. The van der Waals surface area contributed by atoms with Crippen molar-refractivity contribution in [3.63, 3.8) is 0 Å². The van der Waals surface area contributed by atoms with E-state index in [1.54, 1.807) is 0 Å². The van der Waals surface area contributed by atoms with Gasteiger partial charge in [-0.25, -0.2) is 0 Å². The number of nitrogens with one attached hydrogen (secondary N) is 1. The molecule has 0 saturated heterocycles. The summed E-state index contributed by atoms with van der Waals surface area (Å²) in [5.41, 5.74) is 0. The predicted octanol–water partition coefficient (Wildman–Crippen LogP) is 2.46. The Kier molecular flexibility index (Phi) is 3.46. The average Bonchev–Trinajstić information content (AvgIpc) is 2.61. The summed E-state index contributed by atoms with van der Waals surface area (Å²) < 4.78 is 5.64. The van der Waals surface area contributed by atoms with Gasteiger partial charge in [-0.1, -0.05) is 26.2 Å². The van der Waals surface area contributed by atoms with Crippen LogP contribution >= 0.6 is 0 Å². The molecule has 2 aliphatic rings. The molecule has 2 rings (SSSR count). The molecule has 2 nitrogen and oxygen atoms in total. The average molecular weight is 195 g/mol. The van der Waals surface area contributed by atoms with E-state index in [4.69, 9.17) is 4.74 Å². The van der Waals surface area contributed by atoms with Gasteiger partial charge >= 0.3 is 0 Å². The normalized spacial score (nSPS) is 23.9. The van der Waals surface area contributed by atoms with E-state index in [1.807, 2.05) is 0 Å². The molecule has 14 heavy (non-hydrogen) atoms. The summed E-state index contributed by atoms with van der Waals surface area (Å²) in [6.07, 6.45) is 8.92. The second-order valence-electron chi connectivity index (χ2n) is 4.39. The number of likely N-dealkylation sites (N-methyl/N-ethyl adjacent to an activating group) is 1. The first-order chi connectivity index (χ1) is 6.90. The summed E-state index contributed by atoms with van der Waals surface area (Å²) in [5.74, 6) is 2.16. The molecule has 1 unspecified atom stereocenters. The Morgan fingerprint density at radius 3 is 2.93 bits per heavy atom. The van der Waals surface area contributed by atoms with Gasteiger partial charge in [0.15, 0.2) is 0 Å². The fourth-order valence-electron chi connectivity index (χ4n) is 2.29. The minimum atomic E-state index is 0.493. The van der Waals surface area contributed by atoms with Crippen LogP contribution in [0.3, 0.4) is 0 Å². The summed E-state index contributed by atoms with van der Waals surface area (Å²) >= 11 is 0. The van der Waals surface area contributed by atoms with Crippen molar-refractivity contribution in [3.8, 4) is 0 Å². The Morgan fingerprint density at radius 1 is 1.57 bits per heavy atom. The highest BCUT2D eigenvalue weighted by atomic mass is 16.5. The van der Waals surface area contributed by atoms with Crippen molar-refractivity contribution >= 4 is 0 Å². The monoisotopic (exact) mass is 195 g/mol. The Balaban J connectivity index is 1.85. The Labute approximate surface area is 86.7 Å². The maximum absolute atomic E-state index is 5.64. The highest BCUT2D eigenvalue weighted by molar-refractivity contribution is 5.07. The molecule has 1 heterocycles. The highest BCUT2D eigenvalue weighted by Gasteiger charge is 2.25. The molecule has 0 bridgehead atoms. The molecule has 0 aromatic carbocycles. The molecule has 0 spiro atoms. The molecular formula is C12H21NO. The van der Waals surface area contributed by atoms with E-state index < -0.39 is 0 Å². The van der Waals surface area contributed by atoms with Gasteiger partial charge in [-0.05, 0) is 25.0 Å². The zero-order valence-electron chi connectivity index (χ0n) is 9.09. The molecule has 0 aromatic rings. The minimum absolute atomic E-state index is 0.493. The van der Waals surface area contributed by atoms with Crippen LogP contribution in [0.1, 0.15) is 39.0 Å². The van der Waals surface area contributed by atoms with Crippen LogP contribution in [-0.4, -0.2) is 19.2 Å². The van der Waals surface area contributed by atoms with Gasteiger partial charge < -0.3 is 10.1 Å². The number of ether oxygens (including phenoxy) is 1. The van der Waals surface area contributed by atoms with Gasteiger partial charge in [0.25, 0.3) is 0 Å². The molecule has 1 aliphatic carbocycles. The van der Waals surface area contributed by atoms with E-state index in [2.05, 4.69) is 18.3 Å². The SMILES string of the molecule is CCNC(CC1CCC1)C1=CCCO1.